The van der Waals surface area contributed by atoms with Gasteiger partial charge in [0.1, 0.15) is 5.84 Å². The Morgan fingerprint density at radius 2 is 1.65 bits per heavy atom. The van der Waals surface area contributed by atoms with Crippen LogP contribution < -0.4 is 0 Å². The zero-order valence-corrected chi connectivity index (χ0v) is 17.4. The minimum absolute atomic E-state index is 0.0467. The van der Waals surface area contributed by atoms with Crippen LogP contribution >= 0.6 is 0 Å². The van der Waals surface area contributed by atoms with E-state index in [2.05, 4.69) is 48.0 Å². The summed E-state index contributed by atoms with van der Waals surface area (Å²) in [5, 5.41) is 10.9. The van der Waals surface area contributed by atoms with Gasteiger partial charge in [-0.05, 0) is 42.7 Å². The normalized spacial score (nSPS) is 16.9. The summed E-state index contributed by atoms with van der Waals surface area (Å²) >= 11 is 0. The molecule has 0 aromatic heterocycles. The van der Waals surface area contributed by atoms with Crippen molar-refractivity contribution in [2.45, 2.75) is 32.4 Å². The second-order valence-electron chi connectivity index (χ2n) is 7.83. The molecule has 6 heteroatoms. The van der Waals surface area contributed by atoms with Crippen LogP contribution in [-0.4, -0.2) is 27.6 Å². The van der Waals surface area contributed by atoms with Crippen molar-refractivity contribution in [3.05, 3.63) is 111 Å². The van der Waals surface area contributed by atoms with Gasteiger partial charge in [-0.2, -0.15) is 4.99 Å². The van der Waals surface area contributed by atoms with E-state index in [9.17, 15) is 14.9 Å². The summed E-state index contributed by atoms with van der Waals surface area (Å²) in [6, 6.07) is 24.1. The smallest absolute Gasteiger partial charge is 0.278 e. The van der Waals surface area contributed by atoms with E-state index in [1.807, 2.05) is 30.3 Å². The highest BCUT2D eigenvalue weighted by Gasteiger charge is 2.34. The van der Waals surface area contributed by atoms with Gasteiger partial charge in [0.2, 0.25) is 0 Å². The van der Waals surface area contributed by atoms with Gasteiger partial charge < -0.3 is 4.90 Å². The number of hydrogen-bond acceptors (Lipinski definition) is 3. The molecule has 0 saturated carbocycles. The molecule has 0 spiro atoms. The van der Waals surface area contributed by atoms with Crippen LogP contribution in [0.5, 0.6) is 0 Å². The number of amides is 1. The number of hydrogen-bond donors (Lipinski definition) is 0. The van der Waals surface area contributed by atoms with Gasteiger partial charge in [0, 0.05) is 30.2 Å². The Bertz CT molecular complexity index is 1140. The van der Waals surface area contributed by atoms with Gasteiger partial charge in [-0.3, -0.25) is 14.9 Å². The first kappa shape index (κ1) is 20.5. The number of carbonyl (C=O) groups is 1. The van der Waals surface area contributed by atoms with Crippen LogP contribution in [0.2, 0.25) is 0 Å². The second-order valence-corrected chi connectivity index (χ2v) is 7.83. The third kappa shape index (κ3) is 4.10. The molecule has 0 saturated heterocycles. The molecule has 3 aromatic carbocycles. The van der Waals surface area contributed by atoms with Crippen molar-refractivity contribution < 1.29 is 9.72 Å². The van der Waals surface area contributed by atoms with Gasteiger partial charge in [0.15, 0.2) is 0 Å². The second kappa shape index (κ2) is 8.52. The summed E-state index contributed by atoms with van der Waals surface area (Å²) in [7, 11) is 0. The summed E-state index contributed by atoms with van der Waals surface area (Å²) in [4.78, 5) is 30.0. The van der Waals surface area contributed by atoms with E-state index < -0.39 is 10.8 Å². The summed E-state index contributed by atoms with van der Waals surface area (Å²) in [5.41, 5.74) is 3.77. The Morgan fingerprint density at radius 1 is 1.00 bits per heavy atom. The number of rotatable bonds is 4. The van der Waals surface area contributed by atoms with E-state index in [4.69, 9.17) is 0 Å². The molecule has 0 N–H and O–H groups in total. The van der Waals surface area contributed by atoms with Crippen LogP contribution in [0.25, 0.3) is 0 Å². The van der Waals surface area contributed by atoms with Crippen molar-refractivity contribution >= 4 is 17.4 Å². The van der Waals surface area contributed by atoms with Gasteiger partial charge >= 0.3 is 0 Å². The standard InChI is InChI=1S/C25H23N3O3/c1-17(2)27-23(26-25(29)19-12-14-21(15-13-19)28(30)31)16-20-10-6-7-11-22(20)24(27)18-8-4-3-5-9-18/h3-15,17,24H,16H2,1-2H3. The molecule has 31 heavy (non-hydrogen) atoms. The largest absolute Gasteiger partial charge is 0.346 e. The van der Waals surface area contributed by atoms with E-state index >= 15 is 0 Å². The highest BCUT2D eigenvalue weighted by atomic mass is 16.6. The summed E-state index contributed by atoms with van der Waals surface area (Å²) in [6.07, 6.45) is 0.552. The fraction of sp³-hybridized carbons (Fsp3) is 0.200. The van der Waals surface area contributed by atoms with E-state index in [1.165, 1.54) is 29.8 Å². The van der Waals surface area contributed by atoms with Gasteiger partial charge in [0.05, 0.1) is 11.0 Å². The van der Waals surface area contributed by atoms with Gasteiger partial charge in [-0.25, -0.2) is 0 Å². The third-order valence-electron chi connectivity index (χ3n) is 5.50. The number of benzene rings is 3. The lowest BCUT2D eigenvalue weighted by Gasteiger charge is -2.42. The minimum atomic E-state index is -0.483. The first-order valence-electron chi connectivity index (χ1n) is 10.2. The number of aliphatic imine (C=N–C) groups is 1. The monoisotopic (exact) mass is 413 g/mol. The van der Waals surface area contributed by atoms with Gasteiger partial charge in [-0.15, -0.1) is 0 Å². The highest BCUT2D eigenvalue weighted by molar-refractivity contribution is 6.04. The molecule has 0 bridgehead atoms. The SMILES string of the molecule is CC(C)N1C(=NC(=O)c2ccc([N+](=O)[O-])cc2)Cc2ccccc2C1c1ccccc1. The number of nitro benzene ring substituents is 1. The lowest BCUT2D eigenvalue weighted by molar-refractivity contribution is -0.384. The molecule has 6 nitrogen and oxygen atoms in total. The lowest BCUT2D eigenvalue weighted by atomic mass is 9.86. The molecule has 156 valence electrons. The van der Waals surface area contributed by atoms with Crippen molar-refractivity contribution in [2.75, 3.05) is 0 Å². The maximum absolute atomic E-state index is 12.9. The molecule has 0 fully saturated rings. The Kier molecular flexibility index (Phi) is 5.62. The molecule has 0 radical (unpaired) electrons. The average Bonchev–Trinajstić information content (AvgIpc) is 2.78. The van der Waals surface area contributed by atoms with E-state index in [1.54, 1.807) is 0 Å². The Labute approximate surface area is 181 Å². The zero-order valence-electron chi connectivity index (χ0n) is 17.4. The van der Waals surface area contributed by atoms with Gasteiger partial charge in [-0.1, -0.05) is 54.6 Å². The molecule has 0 aliphatic carbocycles. The third-order valence-corrected chi connectivity index (χ3v) is 5.50. The van der Waals surface area contributed by atoms with E-state index in [-0.39, 0.29) is 17.8 Å². The molecular formula is C25H23N3O3. The average molecular weight is 413 g/mol. The summed E-state index contributed by atoms with van der Waals surface area (Å²) < 4.78 is 0. The van der Waals surface area contributed by atoms with Crippen molar-refractivity contribution in [1.82, 2.24) is 4.90 Å². The van der Waals surface area contributed by atoms with Crippen LogP contribution in [0, 0.1) is 10.1 Å². The van der Waals surface area contributed by atoms with Crippen molar-refractivity contribution in [1.29, 1.82) is 0 Å². The number of nitrogens with zero attached hydrogens (tertiary/aromatic N) is 3. The topological polar surface area (TPSA) is 75.8 Å². The van der Waals surface area contributed by atoms with Crippen molar-refractivity contribution in [2.24, 2.45) is 4.99 Å². The predicted molar refractivity (Wildman–Crippen MR) is 120 cm³/mol. The van der Waals surface area contributed by atoms with Crippen molar-refractivity contribution in [3.63, 3.8) is 0 Å². The number of carbonyl (C=O) groups excluding carboxylic acids is 1. The van der Waals surface area contributed by atoms with E-state index in [0.717, 1.165) is 11.1 Å². The number of nitro groups is 1. The highest BCUT2D eigenvalue weighted by Crippen LogP contribution is 2.37. The van der Waals surface area contributed by atoms with Crippen LogP contribution in [0.1, 0.15) is 46.9 Å². The van der Waals surface area contributed by atoms with E-state index in [0.29, 0.717) is 17.8 Å². The first-order chi connectivity index (χ1) is 15.0. The quantitative estimate of drug-likeness (QED) is 0.436. The maximum atomic E-state index is 12.9. The molecule has 1 unspecified atom stereocenters. The van der Waals surface area contributed by atoms with Crippen LogP contribution in [0.3, 0.4) is 0 Å². The zero-order chi connectivity index (χ0) is 22.0. The Hall–Kier alpha value is -3.80. The van der Waals surface area contributed by atoms with Crippen LogP contribution in [0.4, 0.5) is 5.69 Å². The fourth-order valence-electron chi connectivity index (χ4n) is 4.10. The molecule has 1 heterocycles. The van der Waals surface area contributed by atoms with Gasteiger partial charge in [0.25, 0.3) is 11.6 Å². The first-order valence-corrected chi connectivity index (χ1v) is 10.2. The number of non-ortho nitro benzene ring substituents is 1. The maximum Gasteiger partial charge on any atom is 0.278 e. The summed E-state index contributed by atoms with van der Waals surface area (Å²) in [5.74, 6) is 0.299. The molecule has 1 atom stereocenters. The minimum Gasteiger partial charge on any atom is -0.346 e. The number of amidine groups is 1. The molecule has 1 amide bonds. The Balaban J connectivity index is 1.78. The molecule has 3 aromatic rings. The molecule has 1 aliphatic rings. The summed E-state index contributed by atoms with van der Waals surface area (Å²) in [6.45, 7) is 4.19. The van der Waals surface area contributed by atoms with Crippen LogP contribution in [0.15, 0.2) is 83.9 Å². The lowest BCUT2D eigenvalue weighted by Crippen LogP contribution is -2.45. The van der Waals surface area contributed by atoms with Crippen LogP contribution in [-0.2, 0) is 6.42 Å². The van der Waals surface area contributed by atoms with Crippen molar-refractivity contribution in [3.8, 4) is 0 Å². The molecular weight excluding hydrogens is 390 g/mol. The number of fused-ring (bicyclic) bond motifs is 1. The Morgan fingerprint density at radius 3 is 2.29 bits per heavy atom. The fourth-order valence-corrected chi connectivity index (χ4v) is 4.10. The molecule has 1 aliphatic heterocycles. The molecule has 4 rings (SSSR count). The predicted octanol–water partition coefficient (Wildman–Crippen LogP) is 5.19.